The minimum absolute atomic E-state index is 0.254. The Morgan fingerprint density at radius 2 is 2.33 bits per heavy atom. The van der Waals surface area contributed by atoms with Gasteiger partial charge in [-0.1, -0.05) is 19.1 Å². The van der Waals surface area contributed by atoms with Crippen molar-refractivity contribution in [1.29, 1.82) is 0 Å². The van der Waals surface area contributed by atoms with E-state index in [0.29, 0.717) is 0 Å². The molecule has 0 amide bonds. The standard InChI is InChI=1S/C12H16O2S/c1-9-12(13,6-7-15-9)10-4-3-5-11(8-10)14-2/h3-5,8-9,13H,6-7H2,1-2H3/t9-,12+/m0/s1. The summed E-state index contributed by atoms with van der Waals surface area (Å²) in [5.41, 5.74) is 0.290. The van der Waals surface area contributed by atoms with Crippen LogP contribution in [0, 0.1) is 0 Å². The van der Waals surface area contributed by atoms with Gasteiger partial charge in [0.2, 0.25) is 0 Å². The molecule has 1 fully saturated rings. The molecule has 0 aromatic heterocycles. The average Bonchev–Trinajstić information content (AvgIpc) is 2.61. The minimum Gasteiger partial charge on any atom is -0.497 e. The molecule has 1 saturated heterocycles. The molecule has 2 atom stereocenters. The Labute approximate surface area is 94.6 Å². The van der Waals surface area contributed by atoms with Crippen LogP contribution in [0.4, 0.5) is 0 Å². The number of rotatable bonds is 2. The third kappa shape index (κ3) is 1.86. The summed E-state index contributed by atoms with van der Waals surface area (Å²) >= 11 is 1.82. The monoisotopic (exact) mass is 224 g/mol. The first-order chi connectivity index (χ1) is 7.16. The minimum atomic E-state index is -0.681. The van der Waals surface area contributed by atoms with Crippen LogP contribution in [0.2, 0.25) is 0 Å². The summed E-state index contributed by atoms with van der Waals surface area (Å²) in [4.78, 5) is 0. The highest BCUT2D eigenvalue weighted by Crippen LogP contribution is 2.43. The molecule has 15 heavy (non-hydrogen) atoms. The summed E-state index contributed by atoms with van der Waals surface area (Å²) in [6, 6.07) is 7.74. The molecule has 1 aliphatic heterocycles. The van der Waals surface area contributed by atoms with E-state index < -0.39 is 5.60 Å². The second-order valence-corrected chi connectivity index (χ2v) is 5.37. The van der Waals surface area contributed by atoms with Crippen molar-refractivity contribution in [3.05, 3.63) is 29.8 Å². The van der Waals surface area contributed by atoms with Crippen molar-refractivity contribution in [3.8, 4) is 5.75 Å². The molecule has 0 radical (unpaired) electrons. The third-order valence-electron chi connectivity index (χ3n) is 3.09. The zero-order valence-corrected chi connectivity index (χ0v) is 9.88. The van der Waals surface area contributed by atoms with Crippen molar-refractivity contribution in [3.63, 3.8) is 0 Å². The lowest BCUT2D eigenvalue weighted by Gasteiger charge is -2.27. The molecule has 0 unspecified atom stereocenters. The molecule has 1 aliphatic rings. The van der Waals surface area contributed by atoms with Gasteiger partial charge in [0.25, 0.3) is 0 Å². The summed E-state index contributed by atoms with van der Waals surface area (Å²) in [7, 11) is 1.65. The zero-order valence-electron chi connectivity index (χ0n) is 9.06. The number of benzene rings is 1. The lowest BCUT2D eigenvalue weighted by molar-refractivity contribution is 0.0425. The molecule has 1 heterocycles. The van der Waals surface area contributed by atoms with Crippen LogP contribution in [0.3, 0.4) is 0 Å². The van der Waals surface area contributed by atoms with E-state index >= 15 is 0 Å². The van der Waals surface area contributed by atoms with Gasteiger partial charge in [-0.15, -0.1) is 0 Å². The Bertz CT molecular complexity index is 353. The zero-order chi connectivity index (χ0) is 10.9. The molecule has 1 N–H and O–H groups in total. The van der Waals surface area contributed by atoms with Gasteiger partial charge in [0.15, 0.2) is 0 Å². The molecule has 82 valence electrons. The topological polar surface area (TPSA) is 29.5 Å². The van der Waals surface area contributed by atoms with E-state index in [-0.39, 0.29) is 5.25 Å². The van der Waals surface area contributed by atoms with Gasteiger partial charge < -0.3 is 9.84 Å². The lowest BCUT2D eigenvalue weighted by Crippen LogP contribution is -2.31. The lowest BCUT2D eigenvalue weighted by atomic mass is 9.88. The quantitative estimate of drug-likeness (QED) is 0.836. The fourth-order valence-corrected chi connectivity index (χ4v) is 3.32. The molecular formula is C12H16O2S. The Morgan fingerprint density at radius 3 is 2.93 bits per heavy atom. The van der Waals surface area contributed by atoms with E-state index in [2.05, 4.69) is 6.92 Å². The molecule has 0 saturated carbocycles. The highest BCUT2D eigenvalue weighted by Gasteiger charge is 2.40. The van der Waals surface area contributed by atoms with Crippen LogP contribution in [0.5, 0.6) is 5.75 Å². The third-order valence-corrected chi connectivity index (χ3v) is 4.42. The van der Waals surface area contributed by atoms with Gasteiger partial charge in [-0.05, 0) is 29.9 Å². The number of thioether (sulfide) groups is 1. The largest absolute Gasteiger partial charge is 0.497 e. The molecule has 2 rings (SSSR count). The maximum atomic E-state index is 10.6. The van der Waals surface area contributed by atoms with Crippen molar-refractivity contribution in [2.45, 2.75) is 24.2 Å². The average molecular weight is 224 g/mol. The van der Waals surface area contributed by atoms with E-state index in [1.54, 1.807) is 7.11 Å². The van der Waals surface area contributed by atoms with Gasteiger partial charge in [-0.2, -0.15) is 11.8 Å². The fourth-order valence-electron chi connectivity index (χ4n) is 2.00. The summed E-state index contributed by atoms with van der Waals surface area (Å²) in [5.74, 6) is 1.83. The Morgan fingerprint density at radius 1 is 1.53 bits per heavy atom. The van der Waals surface area contributed by atoms with Crippen molar-refractivity contribution < 1.29 is 9.84 Å². The van der Waals surface area contributed by atoms with Crippen LogP contribution >= 0.6 is 11.8 Å². The van der Waals surface area contributed by atoms with Crippen molar-refractivity contribution in [2.75, 3.05) is 12.9 Å². The number of hydrogen-bond acceptors (Lipinski definition) is 3. The van der Waals surface area contributed by atoms with Gasteiger partial charge in [0.1, 0.15) is 11.4 Å². The molecular weight excluding hydrogens is 208 g/mol. The fraction of sp³-hybridized carbons (Fsp3) is 0.500. The number of ether oxygens (including phenoxy) is 1. The van der Waals surface area contributed by atoms with Crippen LogP contribution in [0.1, 0.15) is 18.9 Å². The summed E-state index contributed by atoms with van der Waals surface area (Å²) < 4.78 is 5.18. The number of hydrogen-bond donors (Lipinski definition) is 1. The Hall–Kier alpha value is -0.670. The molecule has 2 nitrogen and oxygen atoms in total. The second kappa shape index (κ2) is 4.06. The maximum absolute atomic E-state index is 10.6. The predicted octanol–water partition coefficient (Wildman–Crippen LogP) is 2.41. The number of aliphatic hydroxyl groups is 1. The molecule has 0 bridgehead atoms. The Kier molecular flexibility index (Phi) is 2.94. The van der Waals surface area contributed by atoms with Gasteiger partial charge in [-0.25, -0.2) is 0 Å². The van der Waals surface area contributed by atoms with Crippen LogP contribution in [0.15, 0.2) is 24.3 Å². The highest BCUT2D eigenvalue weighted by atomic mass is 32.2. The molecule has 3 heteroatoms. The van der Waals surface area contributed by atoms with Gasteiger partial charge in [-0.3, -0.25) is 0 Å². The first-order valence-electron chi connectivity index (χ1n) is 5.15. The van der Waals surface area contributed by atoms with E-state index in [4.69, 9.17) is 4.74 Å². The Balaban J connectivity index is 2.35. The normalized spacial score (nSPS) is 30.5. The van der Waals surface area contributed by atoms with Crippen LogP contribution in [-0.2, 0) is 5.60 Å². The SMILES string of the molecule is COc1cccc([C@@]2(O)CCS[C@H]2C)c1. The van der Waals surface area contributed by atoms with E-state index in [9.17, 15) is 5.11 Å². The molecule has 1 aromatic carbocycles. The van der Waals surface area contributed by atoms with Crippen LogP contribution in [-0.4, -0.2) is 23.2 Å². The van der Waals surface area contributed by atoms with Crippen molar-refractivity contribution in [2.24, 2.45) is 0 Å². The van der Waals surface area contributed by atoms with Crippen LogP contribution < -0.4 is 4.74 Å². The van der Waals surface area contributed by atoms with Crippen molar-refractivity contribution >= 4 is 11.8 Å². The first-order valence-corrected chi connectivity index (χ1v) is 6.20. The smallest absolute Gasteiger partial charge is 0.119 e. The van der Waals surface area contributed by atoms with Crippen LogP contribution in [0.25, 0.3) is 0 Å². The number of methoxy groups -OCH3 is 1. The second-order valence-electron chi connectivity index (χ2n) is 3.92. The van der Waals surface area contributed by atoms with Gasteiger partial charge in [0, 0.05) is 5.25 Å². The molecule has 0 aliphatic carbocycles. The van der Waals surface area contributed by atoms with Crippen molar-refractivity contribution in [1.82, 2.24) is 0 Å². The first kappa shape index (κ1) is 10.8. The highest BCUT2D eigenvalue weighted by molar-refractivity contribution is 8.00. The predicted molar refractivity (Wildman–Crippen MR) is 63.4 cm³/mol. The van der Waals surface area contributed by atoms with Gasteiger partial charge in [0.05, 0.1) is 7.11 Å². The van der Waals surface area contributed by atoms with E-state index in [0.717, 1.165) is 23.5 Å². The summed E-state index contributed by atoms with van der Waals surface area (Å²) in [6.45, 7) is 2.08. The van der Waals surface area contributed by atoms with E-state index in [1.165, 1.54) is 0 Å². The maximum Gasteiger partial charge on any atom is 0.119 e. The molecule has 1 aromatic rings. The summed E-state index contributed by atoms with van der Waals surface area (Å²) in [6.07, 6.45) is 0.825. The van der Waals surface area contributed by atoms with E-state index in [1.807, 2.05) is 36.0 Å². The summed E-state index contributed by atoms with van der Waals surface area (Å²) in [5, 5.41) is 10.8. The molecule has 0 spiro atoms. The van der Waals surface area contributed by atoms with Gasteiger partial charge >= 0.3 is 0 Å².